The quantitative estimate of drug-likeness (QED) is 0.261. The molecule has 8 heteroatoms. The zero-order valence-electron chi connectivity index (χ0n) is 19.3. The number of hydrogen-bond donors (Lipinski definition) is 1. The normalized spacial score (nSPS) is 11.5. The molecule has 0 aliphatic heterocycles. The van der Waals surface area contributed by atoms with Gasteiger partial charge in [-0.15, -0.1) is 0 Å². The van der Waals surface area contributed by atoms with Gasteiger partial charge < -0.3 is 15.0 Å². The van der Waals surface area contributed by atoms with Crippen molar-refractivity contribution in [1.82, 2.24) is 10.2 Å². The van der Waals surface area contributed by atoms with Crippen LogP contribution in [-0.2, 0) is 22.6 Å². The molecule has 35 heavy (non-hydrogen) atoms. The van der Waals surface area contributed by atoms with Crippen LogP contribution in [0.25, 0.3) is 0 Å². The SMILES string of the molecule is CCCNC(=O)[C@@H](Cc1ccccc1)N(Cc1ccc(Cl)cc1Cl)C(=O)COc1ccc(I)cc1. The van der Waals surface area contributed by atoms with Crippen LogP contribution in [0.5, 0.6) is 5.75 Å². The number of carbonyl (C=O) groups excluding carboxylic acids is 2. The Morgan fingerprint density at radius 1 is 1.03 bits per heavy atom. The van der Waals surface area contributed by atoms with Gasteiger partial charge in [-0.1, -0.05) is 66.5 Å². The standard InChI is InChI=1S/C27H27Cl2IN2O3/c1-2-14-31-27(34)25(15-19-6-4-3-5-7-19)32(17-20-8-9-21(28)16-24(20)29)26(33)18-35-23-12-10-22(30)11-13-23/h3-13,16,25H,2,14-15,17-18H2,1H3,(H,31,34)/t25-/m1/s1. The molecule has 5 nitrogen and oxygen atoms in total. The highest BCUT2D eigenvalue weighted by molar-refractivity contribution is 14.1. The number of ether oxygens (including phenoxy) is 1. The molecule has 1 atom stereocenters. The van der Waals surface area contributed by atoms with E-state index in [4.69, 9.17) is 27.9 Å². The molecule has 0 unspecified atom stereocenters. The lowest BCUT2D eigenvalue weighted by Gasteiger charge is -2.31. The van der Waals surface area contributed by atoms with E-state index in [0.717, 1.165) is 15.6 Å². The van der Waals surface area contributed by atoms with E-state index < -0.39 is 6.04 Å². The van der Waals surface area contributed by atoms with Gasteiger partial charge in [-0.3, -0.25) is 9.59 Å². The molecular formula is C27H27Cl2IN2O3. The van der Waals surface area contributed by atoms with E-state index in [0.29, 0.717) is 34.3 Å². The zero-order valence-corrected chi connectivity index (χ0v) is 23.0. The first kappa shape index (κ1) is 27.3. The lowest BCUT2D eigenvalue weighted by molar-refractivity contribution is -0.142. The molecule has 184 valence electrons. The maximum absolute atomic E-state index is 13.5. The molecule has 0 aliphatic rings. The number of benzene rings is 3. The van der Waals surface area contributed by atoms with Crippen molar-refractivity contribution in [3.63, 3.8) is 0 Å². The maximum Gasteiger partial charge on any atom is 0.261 e. The van der Waals surface area contributed by atoms with E-state index in [-0.39, 0.29) is 25.0 Å². The second-order valence-electron chi connectivity index (χ2n) is 8.00. The van der Waals surface area contributed by atoms with Crippen LogP contribution < -0.4 is 10.1 Å². The Balaban J connectivity index is 1.91. The Hall–Kier alpha value is -2.29. The lowest BCUT2D eigenvalue weighted by Crippen LogP contribution is -2.51. The molecule has 0 saturated heterocycles. The van der Waals surface area contributed by atoms with Gasteiger partial charge in [0, 0.05) is 33.1 Å². The van der Waals surface area contributed by atoms with Crippen LogP contribution in [0.1, 0.15) is 24.5 Å². The van der Waals surface area contributed by atoms with Gasteiger partial charge in [0.2, 0.25) is 5.91 Å². The maximum atomic E-state index is 13.5. The van der Waals surface area contributed by atoms with Gasteiger partial charge in [0.1, 0.15) is 11.8 Å². The molecule has 0 bridgehead atoms. The Labute approximate surface area is 229 Å². The number of amides is 2. The highest BCUT2D eigenvalue weighted by atomic mass is 127. The second kappa shape index (κ2) is 13.7. The Bertz CT molecular complexity index is 1130. The Morgan fingerprint density at radius 2 is 1.74 bits per heavy atom. The van der Waals surface area contributed by atoms with Gasteiger partial charge in [0.25, 0.3) is 5.91 Å². The monoisotopic (exact) mass is 624 g/mol. The van der Waals surface area contributed by atoms with Crippen LogP contribution in [0.15, 0.2) is 72.8 Å². The first-order valence-electron chi connectivity index (χ1n) is 11.3. The number of nitrogens with zero attached hydrogens (tertiary/aromatic N) is 1. The molecule has 1 N–H and O–H groups in total. The van der Waals surface area contributed by atoms with Crippen molar-refractivity contribution in [2.75, 3.05) is 13.2 Å². The molecule has 3 rings (SSSR count). The minimum atomic E-state index is -0.747. The van der Waals surface area contributed by atoms with E-state index in [1.165, 1.54) is 0 Å². The fourth-order valence-electron chi connectivity index (χ4n) is 3.51. The van der Waals surface area contributed by atoms with Crippen molar-refractivity contribution in [2.45, 2.75) is 32.4 Å². The van der Waals surface area contributed by atoms with Crippen molar-refractivity contribution in [2.24, 2.45) is 0 Å². The molecule has 2 amide bonds. The van der Waals surface area contributed by atoms with Crippen LogP contribution >= 0.6 is 45.8 Å². The smallest absolute Gasteiger partial charge is 0.261 e. The van der Waals surface area contributed by atoms with Crippen molar-refractivity contribution in [3.8, 4) is 5.75 Å². The number of rotatable bonds is 11. The summed E-state index contributed by atoms with van der Waals surface area (Å²) in [4.78, 5) is 28.4. The van der Waals surface area contributed by atoms with Gasteiger partial charge in [0.15, 0.2) is 6.61 Å². The molecule has 0 heterocycles. The van der Waals surface area contributed by atoms with E-state index in [1.807, 2.05) is 61.5 Å². The first-order valence-corrected chi connectivity index (χ1v) is 13.1. The zero-order chi connectivity index (χ0) is 25.2. The summed E-state index contributed by atoms with van der Waals surface area (Å²) in [6, 6.07) is 21.4. The van der Waals surface area contributed by atoms with E-state index in [1.54, 1.807) is 23.1 Å². The molecule has 0 aromatic heterocycles. The highest BCUT2D eigenvalue weighted by Gasteiger charge is 2.31. The van der Waals surface area contributed by atoms with Crippen LogP contribution in [-0.4, -0.2) is 35.9 Å². The summed E-state index contributed by atoms with van der Waals surface area (Å²) in [5, 5.41) is 3.88. The predicted octanol–water partition coefficient (Wildman–Crippen LogP) is 6.14. The van der Waals surface area contributed by atoms with Crippen molar-refractivity contribution >= 4 is 57.6 Å². The minimum absolute atomic E-state index is 0.141. The van der Waals surface area contributed by atoms with Gasteiger partial charge in [-0.05, 0) is 76.5 Å². The summed E-state index contributed by atoms with van der Waals surface area (Å²) >= 11 is 14.7. The summed E-state index contributed by atoms with van der Waals surface area (Å²) in [6.07, 6.45) is 1.15. The summed E-state index contributed by atoms with van der Waals surface area (Å²) < 4.78 is 6.84. The van der Waals surface area contributed by atoms with Gasteiger partial charge >= 0.3 is 0 Å². The van der Waals surface area contributed by atoms with E-state index in [9.17, 15) is 9.59 Å². The third-order valence-corrected chi connectivity index (χ3v) is 6.66. The van der Waals surface area contributed by atoms with E-state index in [2.05, 4.69) is 27.9 Å². The van der Waals surface area contributed by atoms with Crippen LogP contribution in [0.2, 0.25) is 10.0 Å². The third kappa shape index (κ3) is 8.40. The van der Waals surface area contributed by atoms with Gasteiger partial charge in [-0.2, -0.15) is 0 Å². The third-order valence-electron chi connectivity index (χ3n) is 5.35. The number of hydrogen-bond acceptors (Lipinski definition) is 3. The number of halogens is 3. The topological polar surface area (TPSA) is 58.6 Å². The fourth-order valence-corrected chi connectivity index (χ4v) is 4.34. The summed E-state index contributed by atoms with van der Waals surface area (Å²) in [6.45, 7) is 2.44. The molecule has 0 radical (unpaired) electrons. The average molecular weight is 625 g/mol. The first-order chi connectivity index (χ1) is 16.9. The Morgan fingerprint density at radius 3 is 2.40 bits per heavy atom. The summed E-state index contributed by atoms with van der Waals surface area (Å²) in [5.74, 6) is 0.0452. The van der Waals surface area contributed by atoms with Crippen molar-refractivity contribution < 1.29 is 14.3 Å². The number of nitrogens with one attached hydrogen (secondary N) is 1. The van der Waals surface area contributed by atoms with Crippen molar-refractivity contribution in [3.05, 3.63) is 97.5 Å². The van der Waals surface area contributed by atoms with Gasteiger partial charge in [-0.25, -0.2) is 0 Å². The molecule has 0 fully saturated rings. The second-order valence-corrected chi connectivity index (χ2v) is 10.1. The highest BCUT2D eigenvalue weighted by Crippen LogP contribution is 2.24. The minimum Gasteiger partial charge on any atom is -0.484 e. The molecular weight excluding hydrogens is 598 g/mol. The molecule has 0 spiro atoms. The Kier molecular flexibility index (Phi) is 10.7. The van der Waals surface area contributed by atoms with E-state index >= 15 is 0 Å². The lowest BCUT2D eigenvalue weighted by atomic mass is 10.0. The van der Waals surface area contributed by atoms with Gasteiger partial charge in [0.05, 0.1) is 0 Å². The van der Waals surface area contributed by atoms with Crippen molar-refractivity contribution in [1.29, 1.82) is 0 Å². The average Bonchev–Trinajstić information content (AvgIpc) is 2.86. The molecule has 3 aromatic carbocycles. The van der Waals surface area contributed by atoms with Crippen LogP contribution in [0, 0.1) is 3.57 Å². The molecule has 0 saturated carbocycles. The van der Waals surface area contributed by atoms with Crippen LogP contribution in [0.3, 0.4) is 0 Å². The largest absolute Gasteiger partial charge is 0.484 e. The fraction of sp³-hybridized carbons (Fsp3) is 0.259. The summed E-state index contributed by atoms with van der Waals surface area (Å²) in [7, 11) is 0. The summed E-state index contributed by atoms with van der Waals surface area (Å²) in [5.41, 5.74) is 1.64. The van der Waals surface area contributed by atoms with Crippen LogP contribution in [0.4, 0.5) is 0 Å². The molecule has 0 aliphatic carbocycles. The number of carbonyl (C=O) groups is 2. The predicted molar refractivity (Wildman–Crippen MR) is 149 cm³/mol. The molecule has 3 aromatic rings.